The smallest absolute Gasteiger partial charge is 0.306 e. The molecule has 5 heteroatoms. The molecule has 0 heterocycles. The maximum absolute atomic E-state index is 13.1. The number of carboxylic acids is 1. The number of carboxylic acid groups (broad SMARTS) is 1. The van der Waals surface area contributed by atoms with Crippen LogP contribution in [-0.2, 0) is 14.3 Å². The molecule has 5 fully saturated rings. The van der Waals surface area contributed by atoms with Crippen molar-refractivity contribution in [1.82, 2.24) is 4.90 Å². The van der Waals surface area contributed by atoms with E-state index >= 15 is 0 Å². The molecule has 0 radical (unpaired) electrons. The summed E-state index contributed by atoms with van der Waals surface area (Å²) in [5.74, 6) is 1.98. The molecule has 246 valence electrons. The second-order valence-electron chi connectivity index (χ2n) is 18.7. The van der Waals surface area contributed by atoms with E-state index in [0.717, 1.165) is 30.6 Å². The van der Waals surface area contributed by atoms with E-state index in [-0.39, 0.29) is 35.7 Å². The fourth-order valence-corrected chi connectivity index (χ4v) is 13.1. The van der Waals surface area contributed by atoms with Crippen molar-refractivity contribution in [2.24, 2.45) is 56.2 Å². The summed E-state index contributed by atoms with van der Waals surface area (Å²) in [5.41, 5.74) is 0.991. The molecular formula is C38H65NO4. The van der Waals surface area contributed by atoms with Crippen LogP contribution in [0.4, 0.5) is 0 Å². The number of aliphatic carboxylic acids is 1. The summed E-state index contributed by atoms with van der Waals surface area (Å²) in [5, 5.41) is 9.29. The molecule has 5 rings (SSSR count). The molecule has 5 nitrogen and oxygen atoms in total. The maximum Gasteiger partial charge on any atom is 0.306 e. The third-order valence-electron chi connectivity index (χ3n) is 15.3. The number of ether oxygens (including phenoxy) is 1. The Bertz CT molecular complexity index is 1070. The molecule has 0 bridgehead atoms. The van der Waals surface area contributed by atoms with Gasteiger partial charge in [-0.3, -0.25) is 9.59 Å². The number of nitrogens with zero attached hydrogens (tertiary/aromatic N) is 1. The first kappa shape index (κ1) is 33.3. The van der Waals surface area contributed by atoms with Crippen molar-refractivity contribution >= 4 is 11.9 Å². The first-order valence-electron chi connectivity index (χ1n) is 18.0. The largest absolute Gasteiger partial charge is 0.481 e. The van der Waals surface area contributed by atoms with Crippen molar-refractivity contribution in [1.29, 1.82) is 0 Å². The van der Waals surface area contributed by atoms with E-state index in [1.54, 1.807) is 0 Å². The number of rotatable bonds is 9. The van der Waals surface area contributed by atoms with Gasteiger partial charge >= 0.3 is 11.9 Å². The molecule has 0 aromatic carbocycles. The minimum atomic E-state index is -0.860. The van der Waals surface area contributed by atoms with Crippen LogP contribution in [0.15, 0.2) is 0 Å². The maximum atomic E-state index is 13.1. The number of carbonyl (C=O) groups is 2. The quantitative estimate of drug-likeness (QED) is 0.268. The molecule has 2 unspecified atom stereocenters. The van der Waals surface area contributed by atoms with Crippen molar-refractivity contribution in [3.8, 4) is 0 Å². The molecule has 0 aliphatic heterocycles. The van der Waals surface area contributed by atoms with E-state index in [1.165, 1.54) is 77.2 Å². The Kier molecular flexibility index (Phi) is 8.74. The topological polar surface area (TPSA) is 66.8 Å². The van der Waals surface area contributed by atoms with Gasteiger partial charge in [0.2, 0.25) is 0 Å². The molecule has 0 amide bonds. The predicted molar refractivity (Wildman–Crippen MR) is 174 cm³/mol. The molecule has 5 aliphatic carbocycles. The average molecular weight is 600 g/mol. The minimum absolute atomic E-state index is 0.0189. The lowest BCUT2D eigenvalue weighted by Crippen LogP contribution is -2.66. The Labute approximate surface area is 263 Å². The van der Waals surface area contributed by atoms with Gasteiger partial charge in [-0.05, 0) is 148 Å². The van der Waals surface area contributed by atoms with Gasteiger partial charge < -0.3 is 14.7 Å². The summed E-state index contributed by atoms with van der Waals surface area (Å²) >= 11 is 0. The molecule has 43 heavy (non-hydrogen) atoms. The van der Waals surface area contributed by atoms with Crippen LogP contribution in [0.2, 0.25) is 0 Å². The third kappa shape index (κ3) is 5.52. The Morgan fingerprint density at radius 3 is 2.21 bits per heavy atom. The zero-order chi connectivity index (χ0) is 31.6. The highest BCUT2D eigenvalue weighted by molar-refractivity contribution is 5.73. The predicted octanol–water partition coefficient (Wildman–Crippen LogP) is 8.99. The standard InChI is InChI=1S/C38H65NO4/c1-33(2,24-31(40)41)25-32(42)43-30-16-19-35(5)28(34(30,3)4)15-20-37(7)29(35)14-13-26-27-12-10-17-38(27,18-11-23-39(8)9)22-21-36(26,37)6/h26-30H,10-25H2,1-9H3,(H,40,41)/t26-,27-,28?,29?,30+,35+,36-,37-,38+/m1/s1. The van der Waals surface area contributed by atoms with Crippen LogP contribution >= 0.6 is 0 Å². The Balaban J connectivity index is 1.33. The van der Waals surface area contributed by atoms with Crippen LogP contribution in [0, 0.1) is 56.2 Å². The van der Waals surface area contributed by atoms with Gasteiger partial charge in [0.15, 0.2) is 0 Å². The second kappa shape index (κ2) is 11.3. The van der Waals surface area contributed by atoms with Crippen molar-refractivity contribution in [3.63, 3.8) is 0 Å². The van der Waals surface area contributed by atoms with Gasteiger partial charge in [-0.15, -0.1) is 0 Å². The molecule has 0 saturated heterocycles. The Hall–Kier alpha value is -1.10. The summed E-state index contributed by atoms with van der Waals surface area (Å²) in [4.78, 5) is 26.8. The van der Waals surface area contributed by atoms with Crippen LogP contribution in [0.1, 0.15) is 145 Å². The van der Waals surface area contributed by atoms with E-state index in [4.69, 9.17) is 4.74 Å². The molecule has 9 atom stereocenters. The van der Waals surface area contributed by atoms with Gasteiger partial charge in [-0.1, -0.05) is 54.9 Å². The average Bonchev–Trinajstić information content (AvgIpc) is 3.29. The third-order valence-corrected chi connectivity index (χ3v) is 15.3. The van der Waals surface area contributed by atoms with Crippen molar-refractivity contribution < 1.29 is 19.4 Å². The molecule has 0 spiro atoms. The summed E-state index contributed by atoms with van der Waals surface area (Å²) in [6, 6.07) is 0. The number of hydrogen-bond acceptors (Lipinski definition) is 4. The lowest BCUT2D eigenvalue weighted by Gasteiger charge is -2.72. The van der Waals surface area contributed by atoms with Crippen molar-refractivity contribution in [2.75, 3.05) is 20.6 Å². The van der Waals surface area contributed by atoms with Crippen LogP contribution < -0.4 is 0 Å². The monoisotopic (exact) mass is 599 g/mol. The van der Waals surface area contributed by atoms with Crippen LogP contribution in [-0.4, -0.2) is 48.7 Å². The van der Waals surface area contributed by atoms with Gasteiger partial charge in [-0.25, -0.2) is 0 Å². The van der Waals surface area contributed by atoms with E-state index in [1.807, 2.05) is 13.8 Å². The number of hydrogen-bond donors (Lipinski definition) is 1. The lowest BCUT2D eigenvalue weighted by atomic mass is 9.32. The highest BCUT2D eigenvalue weighted by Gasteiger charge is 2.70. The molecule has 0 aromatic heterocycles. The fraction of sp³-hybridized carbons (Fsp3) is 0.947. The number of fused-ring (bicyclic) bond motifs is 7. The summed E-state index contributed by atoms with van der Waals surface area (Å²) in [6.45, 7) is 17.8. The summed E-state index contributed by atoms with van der Waals surface area (Å²) in [7, 11) is 4.45. The SMILES string of the molecule is CN(C)CCC[C@]12CCC[C@@H]1[C@H]1CCC3[C@@]4(C)CC[C@H](OC(=O)CC(C)(C)CC(=O)O)C(C)(C)C4CC[C@@]3(C)[C@]1(C)CC2. The van der Waals surface area contributed by atoms with Gasteiger partial charge in [0.1, 0.15) is 6.10 Å². The number of carbonyl (C=O) groups excluding carboxylic acids is 1. The van der Waals surface area contributed by atoms with Crippen LogP contribution in [0.3, 0.4) is 0 Å². The lowest BCUT2D eigenvalue weighted by molar-refractivity contribution is -0.249. The molecular weight excluding hydrogens is 534 g/mol. The second-order valence-corrected chi connectivity index (χ2v) is 18.7. The first-order valence-corrected chi connectivity index (χ1v) is 18.0. The van der Waals surface area contributed by atoms with E-state index in [2.05, 4.69) is 53.6 Å². The molecule has 1 N–H and O–H groups in total. The van der Waals surface area contributed by atoms with E-state index in [0.29, 0.717) is 22.2 Å². The molecule has 0 aromatic rings. The molecule has 5 aliphatic rings. The van der Waals surface area contributed by atoms with Crippen molar-refractivity contribution in [3.05, 3.63) is 0 Å². The Morgan fingerprint density at radius 2 is 1.53 bits per heavy atom. The number of esters is 1. The van der Waals surface area contributed by atoms with Crippen molar-refractivity contribution in [2.45, 2.75) is 151 Å². The van der Waals surface area contributed by atoms with Gasteiger partial charge in [0, 0.05) is 5.41 Å². The fourth-order valence-electron chi connectivity index (χ4n) is 13.1. The van der Waals surface area contributed by atoms with E-state index in [9.17, 15) is 14.7 Å². The highest BCUT2D eigenvalue weighted by atomic mass is 16.5. The van der Waals surface area contributed by atoms with Gasteiger partial charge in [0.05, 0.1) is 12.8 Å². The first-order chi connectivity index (χ1) is 19.9. The zero-order valence-corrected chi connectivity index (χ0v) is 29.3. The van der Waals surface area contributed by atoms with Crippen LogP contribution in [0.25, 0.3) is 0 Å². The highest BCUT2D eigenvalue weighted by Crippen LogP contribution is 2.77. The summed E-state index contributed by atoms with van der Waals surface area (Å²) in [6.07, 6.45) is 17.5. The normalized spacial score (nSPS) is 43.7. The zero-order valence-electron chi connectivity index (χ0n) is 29.3. The van der Waals surface area contributed by atoms with Gasteiger partial charge in [-0.2, -0.15) is 0 Å². The van der Waals surface area contributed by atoms with Gasteiger partial charge in [0.25, 0.3) is 0 Å². The van der Waals surface area contributed by atoms with E-state index < -0.39 is 11.4 Å². The molecule has 5 saturated carbocycles. The Morgan fingerprint density at radius 1 is 0.814 bits per heavy atom. The minimum Gasteiger partial charge on any atom is -0.481 e. The van der Waals surface area contributed by atoms with Crippen LogP contribution in [0.5, 0.6) is 0 Å². The summed E-state index contributed by atoms with van der Waals surface area (Å²) < 4.78 is 6.26.